The van der Waals surface area contributed by atoms with Gasteiger partial charge in [-0.3, -0.25) is 4.79 Å². The number of benzene rings is 1. The van der Waals surface area contributed by atoms with E-state index in [1.165, 1.54) is 0 Å². The third-order valence-electron chi connectivity index (χ3n) is 3.12. The van der Waals surface area contributed by atoms with Gasteiger partial charge >= 0.3 is 0 Å². The van der Waals surface area contributed by atoms with Gasteiger partial charge in [0.25, 0.3) is 5.91 Å². The molecule has 0 radical (unpaired) electrons. The van der Waals surface area contributed by atoms with Crippen molar-refractivity contribution >= 4 is 11.6 Å². The minimum Gasteiger partial charge on any atom is -0.385 e. The maximum Gasteiger partial charge on any atom is 0.255 e. The van der Waals surface area contributed by atoms with Crippen LogP contribution in [0, 0.1) is 0 Å². The zero-order valence-corrected chi connectivity index (χ0v) is 13.1. The summed E-state index contributed by atoms with van der Waals surface area (Å²) < 4.78 is 0. The van der Waals surface area contributed by atoms with Gasteiger partial charge in [0, 0.05) is 31.9 Å². The monoisotopic (exact) mass is 277 g/mol. The maximum absolute atomic E-state index is 12.7. The molecule has 0 saturated carbocycles. The summed E-state index contributed by atoms with van der Waals surface area (Å²) in [5.74, 6) is 0.116. The van der Waals surface area contributed by atoms with Gasteiger partial charge in [0.2, 0.25) is 0 Å². The van der Waals surface area contributed by atoms with Crippen LogP contribution in [0.2, 0.25) is 0 Å². The van der Waals surface area contributed by atoms with Gasteiger partial charge in [-0.15, -0.1) is 0 Å². The molecular weight excluding hydrogens is 250 g/mol. The Kier molecular flexibility index (Phi) is 7.09. The number of carbonyl (C=O) groups excluding carboxylic acids is 1. The van der Waals surface area contributed by atoms with Crippen molar-refractivity contribution in [2.24, 2.45) is 0 Å². The van der Waals surface area contributed by atoms with Gasteiger partial charge < -0.3 is 15.1 Å². The smallest absolute Gasteiger partial charge is 0.255 e. The molecule has 4 nitrogen and oxygen atoms in total. The molecule has 0 fully saturated rings. The second-order valence-electron chi connectivity index (χ2n) is 5.17. The largest absolute Gasteiger partial charge is 0.385 e. The number of likely N-dealkylation sites (N-methyl/N-ethyl adjacent to an activating group) is 1. The first-order valence-electron chi connectivity index (χ1n) is 7.37. The molecule has 0 atom stereocenters. The number of hydrogen-bond acceptors (Lipinski definition) is 3. The number of carbonyl (C=O) groups is 1. The Bertz CT molecular complexity index is 418. The van der Waals surface area contributed by atoms with Crippen molar-refractivity contribution in [2.45, 2.75) is 20.3 Å². The zero-order chi connectivity index (χ0) is 15.0. The van der Waals surface area contributed by atoms with Gasteiger partial charge in [-0.1, -0.05) is 19.1 Å². The van der Waals surface area contributed by atoms with E-state index < -0.39 is 0 Å². The minimum atomic E-state index is 0.116. The van der Waals surface area contributed by atoms with E-state index in [1.807, 2.05) is 50.2 Å². The van der Waals surface area contributed by atoms with Crippen LogP contribution in [-0.2, 0) is 0 Å². The number of nitrogens with one attached hydrogen (secondary N) is 1. The normalized spacial score (nSPS) is 10.7. The van der Waals surface area contributed by atoms with Gasteiger partial charge in [-0.05, 0) is 39.6 Å². The van der Waals surface area contributed by atoms with E-state index in [9.17, 15) is 4.79 Å². The molecule has 0 heterocycles. The average Bonchev–Trinajstić information content (AvgIpc) is 2.43. The summed E-state index contributed by atoms with van der Waals surface area (Å²) in [4.78, 5) is 16.8. The minimum absolute atomic E-state index is 0.116. The Hall–Kier alpha value is -1.55. The number of anilines is 1. The molecular formula is C16H27N3O. The summed E-state index contributed by atoms with van der Waals surface area (Å²) >= 11 is 0. The lowest BCUT2D eigenvalue weighted by Crippen LogP contribution is -2.37. The quantitative estimate of drug-likeness (QED) is 0.793. The van der Waals surface area contributed by atoms with E-state index >= 15 is 0 Å². The SMILES string of the molecule is CCCN(CCN(C)C)C(=O)c1ccccc1NCC. The van der Waals surface area contributed by atoms with Gasteiger partial charge in [-0.2, -0.15) is 0 Å². The third kappa shape index (κ3) is 4.85. The van der Waals surface area contributed by atoms with Crippen LogP contribution in [-0.4, -0.2) is 56.0 Å². The molecule has 1 amide bonds. The predicted molar refractivity (Wildman–Crippen MR) is 85.4 cm³/mol. The fourth-order valence-corrected chi connectivity index (χ4v) is 2.09. The van der Waals surface area contributed by atoms with Crippen molar-refractivity contribution in [1.82, 2.24) is 9.80 Å². The molecule has 0 saturated heterocycles. The third-order valence-corrected chi connectivity index (χ3v) is 3.12. The molecule has 0 unspecified atom stereocenters. The molecule has 4 heteroatoms. The van der Waals surface area contributed by atoms with Crippen molar-refractivity contribution in [1.29, 1.82) is 0 Å². The summed E-state index contributed by atoms with van der Waals surface area (Å²) in [6.45, 7) is 7.40. The Balaban J connectivity index is 2.87. The number of nitrogens with zero attached hydrogens (tertiary/aromatic N) is 2. The molecule has 1 N–H and O–H groups in total. The van der Waals surface area contributed by atoms with Crippen LogP contribution in [0.1, 0.15) is 30.6 Å². The van der Waals surface area contributed by atoms with Crippen LogP contribution in [0.4, 0.5) is 5.69 Å². The van der Waals surface area contributed by atoms with Crippen molar-refractivity contribution < 1.29 is 4.79 Å². The highest BCUT2D eigenvalue weighted by molar-refractivity contribution is 5.99. The van der Waals surface area contributed by atoms with E-state index in [1.54, 1.807) is 0 Å². The molecule has 1 aromatic rings. The number of amides is 1. The predicted octanol–water partition coefficient (Wildman–Crippen LogP) is 2.53. The molecule has 112 valence electrons. The van der Waals surface area contributed by atoms with E-state index in [4.69, 9.17) is 0 Å². The van der Waals surface area contributed by atoms with Crippen LogP contribution < -0.4 is 5.32 Å². The highest BCUT2D eigenvalue weighted by Crippen LogP contribution is 2.17. The fraction of sp³-hybridized carbons (Fsp3) is 0.562. The van der Waals surface area contributed by atoms with Crippen LogP contribution in [0.25, 0.3) is 0 Å². The van der Waals surface area contributed by atoms with Crippen molar-refractivity contribution in [3.8, 4) is 0 Å². The van der Waals surface area contributed by atoms with E-state index in [-0.39, 0.29) is 5.91 Å². The standard InChI is InChI=1S/C16H27N3O/c1-5-11-19(13-12-18(3)4)16(20)14-9-7-8-10-15(14)17-6-2/h7-10,17H,5-6,11-13H2,1-4H3. The summed E-state index contributed by atoms with van der Waals surface area (Å²) in [5, 5.41) is 3.26. The Morgan fingerprint density at radius 1 is 1.10 bits per heavy atom. The first kappa shape index (κ1) is 16.5. The van der Waals surface area contributed by atoms with E-state index in [2.05, 4.69) is 17.1 Å². The first-order chi connectivity index (χ1) is 9.60. The topological polar surface area (TPSA) is 35.6 Å². The lowest BCUT2D eigenvalue weighted by Gasteiger charge is -2.25. The molecule has 0 aliphatic carbocycles. The summed E-state index contributed by atoms with van der Waals surface area (Å²) in [6.07, 6.45) is 0.975. The van der Waals surface area contributed by atoms with Crippen LogP contribution >= 0.6 is 0 Å². The fourth-order valence-electron chi connectivity index (χ4n) is 2.09. The highest BCUT2D eigenvalue weighted by atomic mass is 16.2. The van der Waals surface area contributed by atoms with Crippen molar-refractivity contribution in [3.05, 3.63) is 29.8 Å². The first-order valence-corrected chi connectivity index (χ1v) is 7.37. The van der Waals surface area contributed by atoms with Crippen LogP contribution in [0.3, 0.4) is 0 Å². The lowest BCUT2D eigenvalue weighted by atomic mass is 10.1. The van der Waals surface area contributed by atoms with Gasteiger partial charge in [0.05, 0.1) is 5.56 Å². The summed E-state index contributed by atoms with van der Waals surface area (Å²) in [7, 11) is 4.06. The number of para-hydroxylation sites is 1. The molecule has 0 aliphatic rings. The van der Waals surface area contributed by atoms with Crippen LogP contribution in [0.5, 0.6) is 0 Å². The average molecular weight is 277 g/mol. The molecule has 0 spiro atoms. The maximum atomic E-state index is 12.7. The second kappa shape index (κ2) is 8.59. The van der Waals surface area contributed by atoms with Gasteiger partial charge in [0.15, 0.2) is 0 Å². The van der Waals surface area contributed by atoms with Gasteiger partial charge in [0.1, 0.15) is 0 Å². The molecule has 1 aromatic carbocycles. The summed E-state index contributed by atoms with van der Waals surface area (Å²) in [6, 6.07) is 7.74. The molecule has 0 aliphatic heterocycles. The van der Waals surface area contributed by atoms with Gasteiger partial charge in [-0.25, -0.2) is 0 Å². The number of rotatable bonds is 8. The van der Waals surface area contributed by atoms with E-state index in [0.29, 0.717) is 0 Å². The van der Waals surface area contributed by atoms with Crippen molar-refractivity contribution in [2.75, 3.05) is 45.6 Å². The lowest BCUT2D eigenvalue weighted by molar-refractivity contribution is 0.0746. The Morgan fingerprint density at radius 2 is 1.80 bits per heavy atom. The number of hydrogen-bond donors (Lipinski definition) is 1. The summed E-state index contributed by atoms with van der Waals surface area (Å²) in [5.41, 5.74) is 1.69. The van der Waals surface area contributed by atoms with E-state index in [0.717, 1.165) is 43.9 Å². The molecule has 1 rings (SSSR count). The molecule has 0 aromatic heterocycles. The second-order valence-corrected chi connectivity index (χ2v) is 5.17. The Labute approximate surface area is 122 Å². The van der Waals surface area contributed by atoms with Crippen LogP contribution in [0.15, 0.2) is 24.3 Å². The Morgan fingerprint density at radius 3 is 2.40 bits per heavy atom. The molecule has 20 heavy (non-hydrogen) atoms. The highest BCUT2D eigenvalue weighted by Gasteiger charge is 2.17. The zero-order valence-electron chi connectivity index (χ0n) is 13.1. The molecule has 0 bridgehead atoms. The van der Waals surface area contributed by atoms with Crippen molar-refractivity contribution in [3.63, 3.8) is 0 Å².